The van der Waals surface area contributed by atoms with E-state index in [-0.39, 0.29) is 12.5 Å². The maximum absolute atomic E-state index is 12.0. The van der Waals surface area contributed by atoms with E-state index in [0.717, 1.165) is 49.5 Å². The standard InChI is InChI=1S/C19H26N5O2/c1-15-18(13-21-22-15)16-4-3-5-17(12-16)26-14-19(25)20-6-7-24-10-8-23(2)9-11-24/h4-5,12-13H,6-11,14H2,1-2H3,(H,20,25)(H,21,22). The van der Waals surface area contributed by atoms with Gasteiger partial charge in [0, 0.05) is 51.0 Å². The number of likely N-dealkylation sites (N-methyl/N-ethyl adjacent to an activating group) is 1. The second-order valence-corrected chi connectivity index (χ2v) is 6.63. The normalized spacial score (nSPS) is 15.8. The molecule has 0 bridgehead atoms. The Morgan fingerprint density at radius 1 is 1.35 bits per heavy atom. The van der Waals surface area contributed by atoms with Gasteiger partial charge in [-0.2, -0.15) is 5.10 Å². The Morgan fingerprint density at radius 2 is 2.15 bits per heavy atom. The van der Waals surface area contributed by atoms with Gasteiger partial charge in [0.05, 0.1) is 5.69 Å². The molecule has 7 heteroatoms. The van der Waals surface area contributed by atoms with E-state index in [4.69, 9.17) is 4.74 Å². The minimum Gasteiger partial charge on any atom is -0.484 e. The summed E-state index contributed by atoms with van der Waals surface area (Å²) >= 11 is 0. The van der Waals surface area contributed by atoms with Gasteiger partial charge in [-0.25, -0.2) is 0 Å². The van der Waals surface area contributed by atoms with E-state index in [9.17, 15) is 4.79 Å². The zero-order chi connectivity index (χ0) is 18.4. The van der Waals surface area contributed by atoms with Crippen LogP contribution in [0.2, 0.25) is 0 Å². The lowest BCUT2D eigenvalue weighted by molar-refractivity contribution is -0.123. The van der Waals surface area contributed by atoms with Crippen LogP contribution in [0.5, 0.6) is 5.75 Å². The third-order valence-electron chi connectivity index (χ3n) is 4.62. The highest BCUT2D eigenvalue weighted by molar-refractivity contribution is 5.77. The lowest BCUT2D eigenvalue weighted by Crippen LogP contribution is -2.47. The number of rotatable bonds is 7. The monoisotopic (exact) mass is 356 g/mol. The summed E-state index contributed by atoms with van der Waals surface area (Å²) in [5.74, 6) is 0.515. The van der Waals surface area contributed by atoms with Gasteiger partial charge < -0.3 is 15.0 Å². The number of nitrogens with zero attached hydrogens (tertiary/aromatic N) is 3. The molecule has 1 aliphatic rings. The van der Waals surface area contributed by atoms with Crippen LogP contribution in [0.4, 0.5) is 0 Å². The van der Waals surface area contributed by atoms with Gasteiger partial charge in [-0.3, -0.25) is 14.8 Å². The van der Waals surface area contributed by atoms with Crippen molar-refractivity contribution < 1.29 is 9.53 Å². The molecule has 2 N–H and O–H groups in total. The highest BCUT2D eigenvalue weighted by Gasteiger charge is 2.13. The first kappa shape index (κ1) is 18.4. The van der Waals surface area contributed by atoms with E-state index in [1.165, 1.54) is 0 Å². The van der Waals surface area contributed by atoms with Crippen molar-refractivity contribution in [2.75, 3.05) is 52.9 Å². The first-order chi connectivity index (χ1) is 12.6. The second kappa shape index (κ2) is 8.82. The molecule has 0 aliphatic carbocycles. The Kier molecular flexibility index (Phi) is 6.25. The number of hydrogen-bond acceptors (Lipinski definition) is 5. The fourth-order valence-electron chi connectivity index (χ4n) is 2.96. The van der Waals surface area contributed by atoms with Crippen LogP contribution in [0.1, 0.15) is 5.69 Å². The summed E-state index contributed by atoms with van der Waals surface area (Å²) in [6.07, 6.45) is 1.84. The Balaban J connectivity index is 1.41. The fraction of sp³-hybridized carbons (Fsp3) is 0.474. The molecule has 0 unspecified atom stereocenters. The molecule has 1 saturated heterocycles. The summed E-state index contributed by atoms with van der Waals surface area (Å²) in [5.41, 5.74) is 2.88. The molecule has 1 aromatic carbocycles. The Labute approximate surface area is 154 Å². The molecule has 1 aliphatic heterocycles. The van der Waals surface area contributed by atoms with Crippen LogP contribution < -0.4 is 10.1 Å². The molecular weight excluding hydrogens is 330 g/mol. The maximum Gasteiger partial charge on any atom is 0.257 e. The molecule has 0 spiro atoms. The molecule has 2 heterocycles. The quantitative estimate of drug-likeness (QED) is 0.772. The van der Waals surface area contributed by atoms with Crippen molar-refractivity contribution in [2.24, 2.45) is 0 Å². The fourth-order valence-corrected chi connectivity index (χ4v) is 2.96. The molecule has 7 nitrogen and oxygen atoms in total. The van der Waals surface area contributed by atoms with Gasteiger partial charge in [-0.15, -0.1) is 0 Å². The number of carbonyl (C=O) groups excluding carboxylic acids is 1. The third kappa shape index (κ3) is 5.06. The lowest BCUT2D eigenvalue weighted by atomic mass is 10.1. The number of nitrogens with one attached hydrogen (secondary N) is 2. The second-order valence-electron chi connectivity index (χ2n) is 6.63. The van der Waals surface area contributed by atoms with Crippen LogP contribution in [-0.2, 0) is 4.79 Å². The molecule has 1 radical (unpaired) electrons. The van der Waals surface area contributed by atoms with Crippen LogP contribution in [-0.4, -0.2) is 78.8 Å². The van der Waals surface area contributed by atoms with Crippen molar-refractivity contribution in [3.8, 4) is 16.9 Å². The number of H-pyrrole nitrogens is 1. The zero-order valence-corrected chi connectivity index (χ0v) is 15.4. The summed E-state index contributed by atoms with van der Waals surface area (Å²) in [5, 5.41) is 9.88. The summed E-state index contributed by atoms with van der Waals surface area (Å²) < 4.78 is 5.61. The van der Waals surface area contributed by atoms with Crippen LogP contribution in [0, 0.1) is 13.0 Å². The third-order valence-corrected chi connectivity index (χ3v) is 4.62. The van der Waals surface area contributed by atoms with E-state index in [0.29, 0.717) is 12.3 Å². The number of aromatic nitrogens is 2. The average molecular weight is 356 g/mol. The van der Waals surface area contributed by atoms with Crippen molar-refractivity contribution in [3.05, 3.63) is 36.2 Å². The number of benzene rings is 1. The van der Waals surface area contributed by atoms with Gasteiger partial charge in [-0.05, 0) is 43.8 Å². The van der Waals surface area contributed by atoms with E-state index in [2.05, 4.69) is 38.4 Å². The molecule has 3 rings (SSSR count). The van der Waals surface area contributed by atoms with Crippen molar-refractivity contribution in [3.63, 3.8) is 0 Å². The number of ether oxygens (including phenoxy) is 1. The highest BCUT2D eigenvalue weighted by Crippen LogP contribution is 2.24. The zero-order valence-electron chi connectivity index (χ0n) is 15.4. The summed E-state index contributed by atoms with van der Waals surface area (Å²) in [6.45, 7) is 7.74. The van der Waals surface area contributed by atoms with E-state index in [1.54, 1.807) is 6.07 Å². The molecule has 0 saturated carbocycles. The molecule has 26 heavy (non-hydrogen) atoms. The van der Waals surface area contributed by atoms with Gasteiger partial charge in [0.2, 0.25) is 0 Å². The Hall–Kier alpha value is -2.38. The SMILES string of the molecule is Cc1n[nH]cc1-c1c[c]cc(OCC(=O)NCCN2CCN(C)CC2)c1. The largest absolute Gasteiger partial charge is 0.484 e. The molecule has 2 aromatic rings. The van der Waals surface area contributed by atoms with E-state index >= 15 is 0 Å². The summed E-state index contributed by atoms with van der Waals surface area (Å²) in [6, 6.07) is 8.55. The van der Waals surface area contributed by atoms with Crippen LogP contribution in [0.25, 0.3) is 11.1 Å². The Bertz CT molecular complexity index is 722. The predicted molar refractivity (Wildman–Crippen MR) is 100 cm³/mol. The molecule has 0 atom stereocenters. The number of hydrogen-bond donors (Lipinski definition) is 2. The van der Waals surface area contributed by atoms with Crippen molar-refractivity contribution >= 4 is 5.91 Å². The van der Waals surface area contributed by atoms with Gasteiger partial charge in [0.25, 0.3) is 5.91 Å². The minimum absolute atomic E-state index is 0.00437. The number of piperazine rings is 1. The first-order valence-corrected chi connectivity index (χ1v) is 8.94. The molecule has 1 fully saturated rings. The minimum atomic E-state index is -0.107. The summed E-state index contributed by atoms with van der Waals surface area (Å²) in [4.78, 5) is 16.7. The number of amides is 1. The van der Waals surface area contributed by atoms with Crippen molar-refractivity contribution in [1.82, 2.24) is 25.3 Å². The van der Waals surface area contributed by atoms with Gasteiger partial charge in [-0.1, -0.05) is 0 Å². The highest BCUT2D eigenvalue weighted by atomic mass is 16.5. The molecular formula is C19H26N5O2. The average Bonchev–Trinajstić information content (AvgIpc) is 3.08. The number of aromatic amines is 1. The maximum atomic E-state index is 12.0. The number of carbonyl (C=O) groups is 1. The molecule has 1 amide bonds. The van der Waals surface area contributed by atoms with Crippen LogP contribution in [0.3, 0.4) is 0 Å². The van der Waals surface area contributed by atoms with Gasteiger partial charge in [0.15, 0.2) is 6.61 Å². The van der Waals surface area contributed by atoms with Gasteiger partial charge >= 0.3 is 0 Å². The van der Waals surface area contributed by atoms with Crippen LogP contribution in [0.15, 0.2) is 24.4 Å². The van der Waals surface area contributed by atoms with E-state index < -0.39 is 0 Å². The van der Waals surface area contributed by atoms with Crippen LogP contribution >= 0.6 is 0 Å². The number of aryl methyl sites for hydroxylation is 1. The van der Waals surface area contributed by atoms with Gasteiger partial charge in [0.1, 0.15) is 5.75 Å². The lowest BCUT2D eigenvalue weighted by Gasteiger charge is -2.32. The molecule has 1 aromatic heterocycles. The Morgan fingerprint density at radius 3 is 2.88 bits per heavy atom. The van der Waals surface area contributed by atoms with Crippen molar-refractivity contribution in [1.29, 1.82) is 0 Å². The van der Waals surface area contributed by atoms with Crippen molar-refractivity contribution in [2.45, 2.75) is 6.92 Å². The smallest absolute Gasteiger partial charge is 0.257 e. The predicted octanol–water partition coefficient (Wildman–Crippen LogP) is 0.928. The topological polar surface area (TPSA) is 73.5 Å². The summed E-state index contributed by atoms with van der Waals surface area (Å²) in [7, 11) is 2.14. The van der Waals surface area contributed by atoms with E-state index in [1.807, 2.05) is 25.3 Å². The first-order valence-electron chi connectivity index (χ1n) is 8.94. The molecule has 139 valence electrons.